The van der Waals surface area contributed by atoms with E-state index in [1.54, 1.807) is 11.8 Å². The molecule has 0 aromatic heterocycles. The molecule has 64 heavy (non-hydrogen) atoms. The molecule has 20 heteroatoms. The molecule has 0 aliphatic carbocycles. The molecule has 0 aromatic rings. The number of ketones is 3. The molecule has 362 valence electrons. The van der Waals surface area contributed by atoms with Gasteiger partial charge >= 0.3 is 24.3 Å². The monoisotopic (exact) mass is 914 g/mol. The highest BCUT2D eigenvalue weighted by Gasteiger charge is 2.48. The standard InChI is InChI=1S/C44H70F3N7O10/c1-28(39(56)37(32-8-20-62-21-9-32)49-43(60)54-17-23-63-27-54)24-34-26-33(10-22-64-34)38(50-42(59)52-11-4-5-12-52)40(57)29(2)25-35(44(45,46)47)51-13-15-53(16-14-51)41(58)48-36(30(3)55)31-6-18-61-19-7-31/h28-29,31-38H,4-27H2,1-3H3,(H,48,58)(H,49,60)(H,50,59)/t28?,29?,33?,34?,35?,36-,37?,38+/m1/s1. The van der Waals surface area contributed by atoms with E-state index in [0.29, 0.717) is 97.6 Å². The maximum absolute atomic E-state index is 14.9. The highest BCUT2D eigenvalue weighted by molar-refractivity contribution is 5.91. The number of urea groups is 3. The maximum atomic E-state index is 14.9. The third-order valence-electron chi connectivity index (χ3n) is 14.3. The first kappa shape index (κ1) is 49.8. The van der Waals surface area contributed by atoms with Crippen LogP contribution in [0.4, 0.5) is 27.6 Å². The number of hydrogen-bond acceptors (Lipinski definition) is 11. The molecular formula is C44H70F3N7O10. The fourth-order valence-electron chi connectivity index (χ4n) is 10.3. The molecular weight excluding hydrogens is 844 g/mol. The van der Waals surface area contributed by atoms with Gasteiger partial charge in [-0.1, -0.05) is 13.8 Å². The van der Waals surface area contributed by atoms with Crippen molar-refractivity contribution in [3.63, 3.8) is 0 Å². The van der Waals surface area contributed by atoms with Gasteiger partial charge in [-0.25, -0.2) is 14.4 Å². The van der Waals surface area contributed by atoms with Crippen LogP contribution in [0, 0.1) is 29.6 Å². The van der Waals surface area contributed by atoms with Crippen LogP contribution in [0.5, 0.6) is 0 Å². The van der Waals surface area contributed by atoms with Gasteiger partial charge in [-0.2, -0.15) is 13.2 Å². The van der Waals surface area contributed by atoms with E-state index < -0.39 is 78.5 Å². The molecule has 0 radical (unpaired) electrons. The number of ether oxygens (including phenoxy) is 4. The van der Waals surface area contributed by atoms with Gasteiger partial charge < -0.3 is 44.7 Å². The Balaban J connectivity index is 1.10. The predicted molar refractivity (Wildman–Crippen MR) is 226 cm³/mol. The second-order valence-corrected chi connectivity index (χ2v) is 18.7. The lowest BCUT2D eigenvalue weighted by Gasteiger charge is -2.41. The minimum absolute atomic E-state index is 0.00758. The van der Waals surface area contributed by atoms with Crippen LogP contribution >= 0.6 is 0 Å². The number of rotatable bonds is 16. The number of carbonyl (C=O) groups is 6. The third-order valence-corrected chi connectivity index (χ3v) is 14.3. The molecule has 6 amide bonds. The summed E-state index contributed by atoms with van der Waals surface area (Å²) in [7, 11) is 0. The molecule has 6 aliphatic rings. The Morgan fingerprint density at radius 1 is 0.594 bits per heavy atom. The normalized spacial score (nSPS) is 26.1. The van der Waals surface area contributed by atoms with E-state index in [1.165, 1.54) is 28.5 Å². The summed E-state index contributed by atoms with van der Waals surface area (Å²) in [6.45, 7) is 8.74. The zero-order valence-corrected chi connectivity index (χ0v) is 37.7. The summed E-state index contributed by atoms with van der Waals surface area (Å²) in [5, 5.41) is 8.73. The zero-order chi connectivity index (χ0) is 46.0. The number of hydrogen-bond donors (Lipinski definition) is 3. The van der Waals surface area contributed by atoms with E-state index in [2.05, 4.69) is 16.0 Å². The molecule has 6 unspecified atom stereocenters. The van der Waals surface area contributed by atoms with Gasteiger partial charge in [0.2, 0.25) is 0 Å². The Kier molecular flexibility index (Phi) is 18.1. The molecule has 3 N–H and O–H groups in total. The minimum Gasteiger partial charge on any atom is -0.381 e. The average Bonchev–Trinajstić information content (AvgIpc) is 4.05. The molecule has 17 nitrogen and oxygen atoms in total. The lowest BCUT2D eigenvalue weighted by Crippen LogP contribution is -2.60. The summed E-state index contributed by atoms with van der Waals surface area (Å²) in [5.41, 5.74) is 0. The first-order valence-electron chi connectivity index (χ1n) is 23.5. The highest BCUT2D eigenvalue weighted by Crippen LogP contribution is 2.35. The van der Waals surface area contributed by atoms with Crippen LogP contribution in [0.2, 0.25) is 0 Å². The largest absolute Gasteiger partial charge is 0.404 e. The maximum Gasteiger partial charge on any atom is 0.404 e. The molecule has 6 heterocycles. The van der Waals surface area contributed by atoms with E-state index in [0.717, 1.165) is 12.8 Å². The molecule has 0 spiro atoms. The van der Waals surface area contributed by atoms with Crippen LogP contribution in [0.15, 0.2) is 0 Å². The second kappa shape index (κ2) is 23.2. The minimum atomic E-state index is -4.69. The van der Waals surface area contributed by atoms with Gasteiger partial charge in [0, 0.05) is 90.7 Å². The first-order chi connectivity index (χ1) is 30.6. The van der Waals surface area contributed by atoms with Crippen LogP contribution in [-0.2, 0) is 33.3 Å². The van der Waals surface area contributed by atoms with Crippen molar-refractivity contribution in [1.29, 1.82) is 0 Å². The third kappa shape index (κ3) is 13.3. The van der Waals surface area contributed by atoms with Crippen LogP contribution in [0.3, 0.4) is 0 Å². The van der Waals surface area contributed by atoms with E-state index >= 15 is 0 Å². The van der Waals surface area contributed by atoms with Gasteiger partial charge in [0.05, 0.1) is 30.8 Å². The number of alkyl halides is 3. The van der Waals surface area contributed by atoms with Crippen molar-refractivity contribution in [3.8, 4) is 0 Å². The molecule has 0 saturated carbocycles. The Morgan fingerprint density at radius 2 is 1.09 bits per heavy atom. The fourth-order valence-corrected chi connectivity index (χ4v) is 10.3. The average molecular weight is 914 g/mol. The highest BCUT2D eigenvalue weighted by atomic mass is 19.4. The molecule has 6 aliphatic heterocycles. The van der Waals surface area contributed by atoms with Gasteiger partial charge in [0.25, 0.3) is 0 Å². The van der Waals surface area contributed by atoms with Gasteiger partial charge in [-0.15, -0.1) is 0 Å². The summed E-state index contributed by atoms with van der Waals surface area (Å²) in [6.07, 6.45) is -0.650. The lowest BCUT2D eigenvalue weighted by atomic mass is 9.78. The lowest BCUT2D eigenvalue weighted by molar-refractivity contribution is -0.191. The Labute approximate surface area is 374 Å². The number of carbonyl (C=O) groups excluding carboxylic acids is 6. The summed E-state index contributed by atoms with van der Waals surface area (Å²) in [5.74, 6) is -3.11. The van der Waals surface area contributed by atoms with Crippen LogP contribution in [0.1, 0.15) is 85.0 Å². The molecule has 0 aromatic carbocycles. The van der Waals surface area contributed by atoms with Gasteiger partial charge in [-0.05, 0) is 88.9 Å². The second-order valence-electron chi connectivity index (χ2n) is 18.7. The fraction of sp³-hybridized carbons (Fsp3) is 0.864. The number of piperazine rings is 1. The van der Waals surface area contributed by atoms with Crippen molar-refractivity contribution in [2.45, 2.75) is 121 Å². The van der Waals surface area contributed by atoms with Crippen LogP contribution in [0.25, 0.3) is 0 Å². The predicted octanol–water partition coefficient (Wildman–Crippen LogP) is 3.58. The quantitative estimate of drug-likeness (QED) is 0.206. The number of halogens is 3. The van der Waals surface area contributed by atoms with Crippen molar-refractivity contribution in [1.82, 2.24) is 35.6 Å². The van der Waals surface area contributed by atoms with Crippen molar-refractivity contribution in [2.75, 3.05) is 92.2 Å². The number of nitrogens with one attached hydrogen (secondary N) is 3. The molecule has 8 atom stereocenters. The van der Waals surface area contributed by atoms with Gasteiger partial charge in [0.1, 0.15) is 12.8 Å². The molecule has 6 fully saturated rings. The van der Waals surface area contributed by atoms with Crippen molar-refractivity contribution in [2.24, 2.45) is 29.6 Å². The van der Waals surface area contributed by atoms with Crippen molar-refractivity contribution >= 4 is 35.4 Å². The zero-order valence-electron chi connectivity index (χ0n) is 37.7. The Bertz CT molecular complexity index is 1600. The first-order valence-corrected chi connectivity index (χ1v) is 23.5. The smallest absolute Gasteiger partial charge is 0.381 e. The number of nitrogens with zero attached hydrogens (tertiary/aromatic N) is 4. The summed E-state index contributed by atoms with van der Waals surface area (Å²) < 4.78 is 67.2. The SMILES string of the molecule is CC(=O)[C@@H](NC(=O)N1CCN(C(CC(C)C(=O)[C@@H](NC(=O)N2CCCC2)C2CCOC(CC(C)C(=O)C(NC(=O)N3CCOC3)C3CCOCC3)C2)C(F)(F)F)CC1)C1CCOCC1. The number of Topliss-reactive ketones (excluding diaryl/α,β-unsaturated/α-hetero) is 3. The van der Waals surface area contributed by atoms with E-state index in [4.69, 9.17) is 18.9 Å². The summed E-state index contributed by atoms with van der Waals surface area (Å²) in [6, 6.07) is -5.81. The van der Waals surface area contributed by atoms with Gasteiger partial charge in [-0.3, -0.25) is 24.2 Å². The van der Waals surface area contributed by atoms with Crippen LogP contribution < -0.4 is 16.0 Å². The van der Waals surface area contributed by atoms with E-state index in [1.807, 2.05) is 0 Å². The Morgan fingerprint density at radius 3 is 1.64 bits per heavy atom. The van der Waals surface area contributed by atoms with Crippen molar-refractivity contribution < 1.29 is 60.9 Å². The van der Waals surface area contributed by atoms with Crippen LogP contribution in [-0.4, -0.2) is 184 Å². The summed E-state index contributed by atoms with van der Waals surface area (Å²) >= 11 is 0. The topological polar surface area (TPSA) is 188 Å². The summed E-state index contributed by atoms with van der Waals surface area (Å²) in [4.78, 5) is 86.9. The number of likely N-dealkylation sites (tertiary alicyclic amines) is 1. The van der Waals surface area contributed by atoms with E-state index in [9.17, 15) is 41.9 Å². The molecule has 6 rings (SSSR count). The number of amides is 6. The van der Waals surface area contributed by atoms with Crippen molar-refractivity contribution in [3.05, 3.63) is 0 Å². The Hall–Kier alpha value is -3.59. The molecule has 6 saturated heterocycles. The molecule has 0 bridgehead atoms. The van der Waals surface area contributed by atoms with Gasteiger partial charge in [0.15, 0.2) is 17.3 Å². The van der Waals surface area contributed by atoms with E-state index in [-0.39, 0.29) is 69.0 Å².